The predicted molar refractivity (Wildman–Crippen MR) is 120 cm³/mol. The van der Waals surface area contributed by atoms with Crippen LogP contribution in [0.1, 0.15) is 10.7 Å². The number of hydrogen-bond donors (Lipinski definition) is 2. The van der Waals surface area contributed by atoms with Gasteiger partial charge in [0.25, 0.3) is 0 Å². The lowest BCUT2D eigenvalue weighted by Crippen LogP contribution is -2.38. The first kappa shape index (κ1) is 23.2. The van der Waals surface area contributed by atoms with Gasteiger partial charge in [0.1, 0.15) is 17.4 Å². The molecule has 0 amide bonds. The van der Waals surface area contributed by atoms with Crippen molar-refractivity contribution in [3.8, 4) is 5.75 Å². The summed E-state index contributed by atoms with van der Waals surface area (Å²) < 4.78 is 43.6. The van der Waals surface area contributed by atoms with Crippen LogP contribution in [0.2, 0.25) is 0 Å². The van der Waals surface area contributed by atoms with Crippen molar-refractivity contribution in [2.45, 2.75) is 12.7 Å². The summed E-state index contributed by atoms with van der Waals surface area (Å²) in [6.45, 7) is 1.04. The van der Waals surface area contributed by atoms with Gasteiger partial charge in [0.2, 0.25) is 0 Å². The highest BCUT2D eigenvalue weighted by Crippen LogP contribution is 2.30. The van der Waals surface area contributed by atoms with E-state index in [1.807, 2.05) is 42.5 Å². The molecule has 0 atom stereocenters. The molecule has 2 N–H and O–H groups in total. The Bertz CT molecular complexity index is 957. The molecule has 5 nitrogen and oxygen atoms in total. The lowest BCUT2D eigenvalue weighted by molar-refractivity contribution is -0.140. The number of aliphatic imine (C=N–C) groups is 1. The minimum Gasteiger partial charge on any atom is -0.491 e. The molecular weight excluding hydrogens is 516 g/mol. The zero-order valence-corrected chi connectivity index (χ0v) is 18.6. The lowest BCUT2D eigenvalue weighted by atomic mass is 10.1. The van der Waals surface area contributed by atoms with E-state index in [1.165, 1.54) is 0 Å². The Morgan fingerprint density at radius 2 is 1.90 bits per heavy atom. The maximum Gasteiger partial charge on any atom is 0.434 e. The first-order valence-corrected chi connectivity index (χ1v) is 9.42. The van der Waals surface area contributed by atoms with Crippen LogP contribution >= 0.6 is 35.3 Å². The normalized spacial score (nSPS) is 11.8. The van der Waals surface area contributed by atoms with Gasteiger partial charge in [0, 0.05) is 17.8 Å². The van der Waals surface area contributed by atoms with Crippen LogP contribution < -0.4 is 15.4 Å². The van der Waals surface area contributed by atoms with Crippen molar-refractivity contribution < 1.29 is 17.9 Å². The molecule has 0 aliphatic heterocycles. The Hall–Kier alpha value is -2.08. The van der Waals surface area contributed by atoms with E-state index in [9.17, 15) is 13.2 Å². The van der Waals surface area contributed by atoms with E-state index in [1.54, 1.807) is 7.05 Å². The first-order chi connectivity index (χ1) is 13.5. The number of ether oxygens (including phenoxy) is 1. The minimum absolute atomic E-state index is 0. The Morgan fingerprint density at radius 3 is 2.62 bits per heavy atom. The van der Waals surface area contributed by atoms with Crippen molar-refractivity contribution >= 4 is 52.0 Å². The summed E-state index contributed by atoms with van der Waals surface area (Å²) in [7, 11) is 1.59. The van der Waals surface area contributed by atoms with E-state index in [0.29, 0.717) is 24.1 Å². The van der Waals surface area contributed by atoms with E-state index in [0.717, 1.165) is 33.2 Å². The van der Waals surface area contributed by atoms with Crippen molar-refractivity contribution in [3.63, 3.8) is 0 Å². The molecule has 0 radical (unpaired) electrons. The number of alkyl halides is 3. The zero-order chi connectivity index (χ0) is 20.0. The summed E-state index contributed by atoms with van der Waals surface area (Å²) in [5.74, 6) is 1.26. The zero-order valence-electron chi connectivity index (χ0n) is 15.5. The molecule has 0 saturated heterocycles. The van der Waals surface area contributed by atoms with Gasteiger partial charge < -0.3 is 15.4 Å². The third kappa shape index (κ3) is 6.46. The van der Waals surface area contributed by atoms with E-state index in [4.69, 9.17) is 4.74 Å². The minimum atomic E-state index is -4.42. The molecule has 10 heteroatoms. The van der Waals surface area contributed by atoms with Gasteiger partial charge in [-0.2, -0.15) is 13.2 Å². The largest absolute Gasteiger partial charge is 0.491 e. The first-order valence-electron chi connectivity index (χ1n) is 8.54. The summed E-state index contributed by atoms with van der Waals surface area (Å²) in [5.41, 5.74) is -0.874. The second kappa shape index (κ2) is 10.6. The molecule has 2 aromatic carbocycles. The molecule has 29 heavy (non-hydrogen) atoms. The van der Waals surface area contributed by atoms with Crippen LogP contribution in [0.4, 0.5) is 13.2 Å². The SMILES string of the molecule is CN=C(NCCOc1cccc2ccccc12)NCc1nc(C(F)(F)F)cs1.I. The quantitative estimate of drug-likeness (QED) is 0.208. The summed E-state index contributed by atoms with van der Waals surface area (Å²) >= 11 is 0.955. The summed E-state index contributed by atoms with van der Waals surface area (Å²) in [6, 6.07) is 13.8. The number of guanidine groups is 1. The topological polar surface area (TPSA) is 58.5 Å². The predicted octanol–water partition coefficient (Wildman–Crippen LogP) is 4.68. The van der Waals surface area contributed by atoms with Crippen molar-refractivity contribution in [3.05, 3.63) is 58.5 Å². The van der Waals surface area contributed by atoms with E-state index in [-0.39, 0.29) is 30.5 Å². The molecule has 0 fully saturated rings. The number of halogens is 4. The molecular formula is C19H20F3IN4OS. The molecule has 0 unspecified atom stereocenters. The van der Waals surface area contributed by atoms with Crippen LogP contribution in [0.3, 0.4) is 0 Å². The number of benzene rings is 2. The highest BCUT2D eigenvalue weighted by molar-refractivity contribution is 14.0. The molecule has 0 spiro atoms. The Balaban J connectivity index is 0.00000300. The van der Waals surface area contributed by atoms with Gasteiger partial charge in [-0.05, 0) is 11.5 Å². The average Bonchev–Trinajstić information content (AvgIpc) is 3.17. The molecule has 3 aromatic rings. The standard InChI is InChI=1S/C19H19F3N4OS.HI/c1-23-18(25-11-17-26-16(12-28-17)19(20,21)22)24-9-10-27-15-8-4-6-13-5-2-3-7-14(13)15;/h2-8,12H,9-11H2,1H3,(H2,23,24,25);1H. The number of fused-ring (bicyclic) bond motifs is 1. The Labute approximate surface area is 187 Å². The Morgan fingerprint density at radius 1 is 1.14 bits per heavy atom. The van der Waals surface area contributed by atoms with Crippen LogP contribution in [-0.4, -0.2) is 31.1 Å². The van der Waals surface area contributed by atoms with Crippen LogP contribution in [0.5, 0.6) is 5.75 Å². The van der Waals surface area contributed by atoms with Gasteiger partial charge in [0.15, 0.2) is 11.7 Å². The van der Waals surface area contributed by atoms with Gasteiger partial charge in [-0.15, -0.1) is 35.3 Å². The Kier molecular flexibility index (Phi) is 8.50. The maximum atomic E-state index is 12.6. The van der Waals surface area contributed by atoms with E-state index < -0.39 is 11.9 Å². The number of aromatic nitrogens is 1. The van der Waals surface area contributed by atoms with E-state index in [2.05, 4.69) is 20.6 Å². The summed E-state index contributed by atoms with van der Waals surface area (Å²) in [5, 5.41) is 9.49. The van der Waals surface area contributed by atoms with Gasteiger partial charge >= 0.3 is 6.18 Å². The van der Waals surface area contributed by atoms with E-state index >= 15 is 0 Å². The highest BCUT2D eigenvalue weighted by Gasteiger charge is 2.33. The third-order valence-electron chi connectivity index (χ3n) is 3.87. The number of thiazole rings is 1. The fourth-order valence-electron chi connectivity index (χ4n) is 2.55. The molecule has 0 aliphatic rings. The van der Waals surface area contributed by atoms with Crippen LogP contribution in [0.15, 0.2) is 52.8 Å². The molecule has 0 bridgehead atoms. The van der Waals surface area contributed by atoms with Crippen LogP contribution in [0.25, 0.3) is 10.8 Å². The molecule has 0 aliphatic carbocycles. The fraction of sp³-hybridized carbons (Fsp3) is 0.263. The van der Waals surface area contributed by atoms with Crippen LogP contribution in [0, 0.1) is 0 Å². The maximum absolute atomic E-state index is 12.6. The monoisotopic (exact) mass is 536 g/mol. The number of rotatable bonds is 6. The summed E-state index contributed by atoms with van der Waals surface area (Å²) in [4.78, 5) is 7.62. The fourth-order valence-corrected chi connectivity index (χ4v) is 3.29. The molecule has 0 saturated carbocycles. The lowest BCUT2D eigenvalue weighted by Gasteiger charge is -2.13. The van der Waals surface area contributed by atoms with Gasteiger partial charge in [-0.25, -0.2) is 4.98 Å². The number of nitrogens with one attached hydrogen (secondary N) is 2. The average molecular weight is 536 g/mol. The van der Waals surface area contributed by atoms with Gasteiger partial charge in [-0.1, -0.05) is 36.4 Å². The number of nitrogens with zero attached hydrogens (tertiary/aromatic N) is 2. The molecule has 1 aromatic heterocycles. The van der Waals surface area contributed by atoms with Gasteiger partial charge in [0.05, 0.1) is 13.1 Å². The number of hydrogen-bond acceptors (Lipinski definition) is 4. The smallest absolute Gasteiger partial charge is 0.434 e. The second-order valence-corrected chi connectivity index (χ2v) is 6.75. The third-order valence-corrected chi connectivity index (χ3v) is 4.72. The molecule has 1 heterocycles. The van der Waals surface area contributed by atoms with Crippen molar-refractivity contribution in [2.75, 3.05) is 20.2 Å². The van der Waals surface area contributed by atoms with Crippen molar-refractivity contribution in [2.24, 2.45) is 4.99 Å². The highest BCUT2D eigenvalue weighted by atomic mass is 127. The van der Waals surface area contributed by atoms with Crippen LogP contribution in [-0.2, 0) is 12.7 Å². The molecule has 3 rings (SSSR count). The van der Waals surface area contributed by atoms with Crippen molar-refractivity contribution in [1.29, 1.82) is 0 Å². The van der Waals surface area contributed by atoms with Gasteiger partial charge in [-0.3, -0.25) is 4.99 Å². The molecule has 156 valence electrons. The summed E-state index contributed by atoms with van der Waals surface area (Å²) in [6.07, 6.45) is -4.42. The van der Waals surface area contributed by atoms with Crippen molar-refractivity contribution in [1.82, 2.24) is 15.6 Å². The second-order valence-electron chi connectivity index (χ2n) is 5.80.